The Labute approximate surface area is 112 Å². The van der Waals surface area contributed by atoms with E-state index in [0.717, 1.165) is 5.69 Å². The predicted molar refractivity (Wildman–Crippen MR) is 71.4 cm³/mol. The van der Waals surface area contributed by atoms with Gasteiger partial charge in [0.05, 0.1) is 12.9 Å². The van der Waals surface area contributed by atoms with Gasteiger partial charge in [-0.2, -0.15) is 0 Å². The number of carbonyl (C=O) groups is 1. The van der Waals surface area contributed by atoms with Crippen molar-refractivity contribution >= 4 is 21.6 Å². The highest BCUT2D eigenvalue weighted by molar-refractivity contribution is 7.89. The maximum Gasteiger partial charge on any atom is 0.227 e. The molecule has 2 rings (SSSR count). The molecular weight excluding hydrogens is 268 g/mol. The molecule has 1 aromatic carbocycles. The van der Waals surface area contributed by atoms with E-state index in [1.165, 1.54) is 0 Å². The quantitative estimate of drug-likeness (QED) is 0.863. The first-order chi connectivity index (χ1) is 8.89. The molecule has 104 valence electrons. The highest BCUT2D eigenvalue weighted by Gasteiger charge is 2.32. The molecule has 1 aromatic rings. The molecule has 1 aliphatic rings. The number of amides is 1. The number of anilines is 1. The Hall–Kier alpha value is -1.60. The van der Waals surface area contributed by atoms with E-state index in [9.17, 15) is 13.2 Å². The third-order valence-electron chi connectivity index (χ3n) is 3.06. The fourth-order valence-electron chi connectivity index (χ4n) is 2.23. The van der Waals surface area contributed by atoms with Gasteiger partial charge in [0.2, 0.25) is 15.9 Å². The van der Waals surface area contributed by atoms with E-state index < -0.39 is 10.0 Å². The maximum atomic E-state index is 11.9. The van der Waals surface area contributed by atoms with Crippen molar-refractivity contribution in [1.29, 1.82) is 0 Å². The lowest BCUT2D eigenvalue weighted by atomic mass is 10.1. The second-order valence-electron chi connectivity index (χ2n) is 4.60. The Morgan fingerprint density at radius 1 is 1.37 bits per heavy atom. The summed E-state index contributed by atoms with van der Waals surface area (Å²) in [5.41, 5.74) is 0.739. The van der Waals surface area contributed by atoms with Crippen LogP contribution in [0, 0.1) is 5.92 Å². The first kappa shape index (κ1) is 13.8. The number of primary sulfonamides is 1. The fraction of sp³-hybridized carbons (Fsp3) is 0.417. The molecule has 1 aliphatic heterocycles. The van der Waals surface area contributed by atoms with Crippen LogP contribution in [0.3, 0.4) is 0 Å². The van der Waals surface area contributed by atoms with Gasteiger partial charge in [-0.3, -0.25) is 4.79 Å². The van der Waals surface area contributed by atoms with Crippen molar-refractivity contribution in [3.8, 4) is 5.75 Å². The number of nitrogens with two attached hydrogens (primary N) is 1. The van der Waals surface area contributed by atoms with Crippen molar-refractivity contribution in [1.82, 2.24) is 0 Å². The highest BCUT2D eigenvalue weighted by Crippen LogP contribution is 2.27. The number of carbonyl (C=O) groups excluding carboxylic acids is 1. The SMILES string of the molecule is COc1ccc(N2CC(CS(N)(=O)=O)CC2=O)cc1. The molecule has 1 saturated heterocycles. The van der Waals surface area contributed by atoms with Gasteiger partial charge >= 0.3 is 0 Å². The minimum atomic E-state index is -3.55. The average Bonchev–Trinajstić information content (AvgIpc) is 2.68. The average molecular weight is 284 g/mol. The van der Waals surface area contributed by atoms with Crippen LogP contribution in [-0.2, 0) is 14.8 Å². The standard InChI is InChI=1S/C12H16N2O4S/c1-18-11-4-2-10(3-5-11)14-7-9(6-12(14)15)8-19(13,16)17/h2-5,9H,6-8H2,1H3,(H2,13,16,17). The number of ether oxygens (including phenoxy) is 1. The Morgan fingerprint density at radius 2 is 2.00 bits per heavy atom. The summed E-state index contributed by atoms with van der Waals surface area (Å²) >= 11 is 0. The lowest BCUT2D eigenvalue weighted by Crippen LogP contribution is -2.27. The maximum absolute atomic E-state index is 11.9. The zero-order valence-electron chi connectivity index (χ0n) is 10.6. The van der Waals surface area contributed by atoms with Crippen molar-refractivity contribution in [2.45, 2.75) is 6.42 Å². The highest BCUT2D eigenvalue weighted by atomic mass is 32.2. The van der Waals surface area contributed by atoms with E-state index >= 15 is 0 Å². The number of sulfonamides is 1. The summed E-state index contributed by atoms with van der Waals surface area (Å²) in [6.45, 7) is 0.377. The van der Waals surface area contributed by atoms with Gasteiger partial charge in [-0.1, -0.05) is 0 Å². The van der Waals surface area contributed by atoms with Gasteiger partial charge in [0, 0.05) is 24.6 Å². The van der Waals surface area contributed by atoms with E-state index in [1.807, 2.05) is 0 Å². The molecule has 6 nitrogen and oxygen atoms in total. The van der Waals surface area contributed by atoms with Crippen LogP contribution in [-0.4, -0.2) is 33.7 Å². The van der Waals surface area contributed by atoms with Gasteiger partial charge < -0.3 is 9.64 Å². The van der Waals surface area contributed by atoms with Crippen LogP contribution < -0.4 is 14.8 Å². The molecule has 1 amide bonds. The second-order valence-corrected chi connectivity index (χ2v) is 6.26. The van der Waals surface area contributed by atoms with E-state index in [4.69, 9.17) is 9.88 Å². The molecule has 0 aliphatic carbocycles. The Kier molecular flexibility index (Phi) is 3.77. The zero-order chi connectivity index (χ0) is 14.0. The molecule has 0 bridgehead atoms. The van der Waals surface area contributed by atoms with Crippen LogP contribution in [0.25, 0.3) is 0 Å². The van der Waals surface area contributed by atoms with Crippen LogP contribution in [0.5, 0.6) is 5.75 Å². The van der Waals surface area contributed by atoms with Gasteiger partial charge in [-0.05, 0) is 24.3 Å². The van der Waals surface area contributed by atoms with Crippen LogP contribution >= 0.6 is 0 Å². The molecule has 0 aromatic heterocycles. The number of nitrogens with zero attached hydrogens (tertiary/aromatic N) is 1. The summed E-state index contributed by atoms with van der Waals surface area (Å²) in [5.74, 6) is 0.214. The largest absolute Gasteiger partial charge is 0.497 e. The van der Waals surface area contributed by atoms with Crippen LogP contribution in [0.1, 0.15) is 6.42 Å². The molecule has 2 N–H and O–H groups in total. The number of hydrogen-bond acceptors (Lipinski definition) is 4. The molecule has 7 heteroatoms. The summed E-state index contributed by atoms with van der Waals surface area (Å²) < 4.78 is 27.2. The molecule has 1 heterocycles. The van der Waals surface area contributed by atoms with E-state index in [2.05, 4.69) is 0 Å². The lowest BCUT2D eigenvalue weighted by molar-refractivity contribution is -0.117. The number of hydrogen-bond donors (Lipinski definition) is 1. The molecule has 1 atom stereocenters. The Morgan fingerprint density at radius 3 is 2.53 bits per heavy atom. The molecule has 1 unspecified atom stereocenters. The molecule has 0 radical (unpaired) electrons. The third kappa shape index (κ3) is 3.45. The van der Waals surface area contributed by atoms with Crippen molar-refractivity contribution in [3.63, 3.8) is 0 Å². The summed E-state index contributed by atoms with van der Waals surface area (Å²) in [4.78, 5) is 13.5. The zero-order valence-corrected chi connectivity index (χ0v) is 11.4. The van der Waals surface area contributed by atoms with Crippen molar-refractivity contribution in [2.24, 2.45) is 11.1 Å². The van der Waals surface area contributed by atoms with Gasteiger partial charge in [0.1, 0.15) is 5.75 Å². The summed E-state index contributed by atoms with van der Waals surface area (Å²) in [6, 6.07) is 7.07. The topological polar surface area (TPSA) is 89.7 Å². The van der Waals surface area contributed by atoms with Gasteiger partial charge in [0.15, 0.2) is 0 Å². The first-order valence-corrected chi connectivity index (χ1v) is 7.55. The molecular formula is C12H16N2O4S. The van der Waals surface area contributed by atoms with E-state index in [1.54, 1.807) is 36.3 Å². The van der Waals surface area contributed by atoms with Crippen LogP contribution in [0.2, 0.25) is 0 Å². The summed E-state index contributed by atoms with van der Waals surface area (Å²) in [7, 11) is -1.98. The lowest BCUT2D eigenvalue weighted by Gasteiger charge is -2.16. The third-order valence-corrected chi connectivity index (χ3v) is 3.99. The first-order valence-electron chi connectivity index (χ1n) is 5.84. The van der Waals surface area contributed by atoms with E-state index in [-0.39, 0.29) is 24.0 Å². The molecule has 0 spiro atoms. The van der Waals surface area contributed by atoms with Crippen molar-refractivity contribution in [2.75, 3.05) is 24.3 Å². The van der Waals surface area contributed by atoms with E-state index in [0.29, 0.717) is 12.3 Å². The van der Waals surface area contributed by atoms with Gasteiger partial charge in [-0.25, -0.2) is 13.6 Å². The summed E-state index contributed by atoms with van der Waals surface area (Å²) in [6.07, 6.45) is 0.211. The van der Waals surface area contributed by atoms with Gasteiger partial charge in [-0.15, -0.1) is 0 Å². The Balaban J connectivity index is 2.11. The van der Waals surface area contributed by atoms with Crippen molar-refractivity contribution < 1.29 is 17.9 Å². The van der Waals surface area contributed by atoms with Crippen LogP contribution in [0.15, 0.2) is 24.3 Å². The minimum absolute atomic E-state index is 0.0844. The molecule has 0 saturated carbocycles. The predicted octanol–water partition coefficient (Wildman–Crippen LogP) is 0.337. The smallest absolute Gasteiger partial charge is 0.227 e. The van der Waals surface area contributed by atoms with Crippen LogP contribution in [0.4, 0.5) is 5.69 Å². The second kappa shape index (κ2) is 5.18. The molecule has 1 fully saturated rings. The Bertz CT molecular complexity index is 568. The number of methoxy groups -OCH3 is 1. The summed E-state index contributed by atoms with van der Waals surface area (Å²) in [5, 5.41) is 5.01. The van der Waals surface area contributed by atoms with Gasteiger partial charge in [0.25, 0.3) is 0 Å². The molecule has 19 heavy (non-hydrogen) atoms. The number of benzene rings is 1. The normalized spacial score (nSPS) is 19.8. The monoisotopic (exact) mass is 284 g/mol. The number of rotatable bonds is 4. The minimum Gasteiger partial charge on any atom is -0.497 e. The van der Waals surface area contributed by atoms with Crippen molar-refractivity contribution in [3.05, 3.63) is 24.3 Å². The fourth-order valence-corrected chi connectivity index (χ4v) is 3.11.